The van der Waals surface area contributed by atoms with E-state index in [1.54, 1.807) is 6.92 Å². The molecule has 6 rings (SSSR count). The van der Waals surface area contributed by atoms with Gasteiger partial charge in [-0.3, -0.25) is 4.79 Å². The van der Waals surface area contributed by atoms with Gasteiger partial charge >= 0.3 is 54.1 Å². The molecule has 2 aromatic heterocycles. The Bertz CT molecular complexity index is 2360. The molecule has 0 radical (unpaired) electrons. The summed E-state index contributed by atoms with van der Waals surface area (Å²) in [5.74, 6) is -2.02. The van der Waals surface area contributed by atoms with Crippen LogP contribution in [0.1, 0.15) is 41.6 Å². The molecule has 1 amide bonds. The third-order valence-corrected chi connectivity index (χ3v) is 9.02. The van der Waals surface area contributed by atoms with Gasteiger partial charge in [-0.15, -0.1) is 26.3 Å². The quantitative estimate of drug-likeness (QED) is 0.0695. The van der Waals surface area contributed by atoms with Crippen LogP contribution in [-0.4, -0.2) is 85.2 Å². The summed E-state index contributed by atoms with van der Waals surface area (Å²) < 4.78 is 91.2. The molecule has 64 heavy (non-hydrogen) atoms. The van der Waals surface area contributed by atoms with Crippen molar-refractivity contribution >= 4 is 44.1 Å². The van der Waals surface area contributed by atoms with Crippen LogP contribution in [0.15, 0.2) is 115 Å². The largest absolute Gasteiger partial charge is 1.00 e. The van der Waals surface area contributed by atoms with Crippen molar-refractivity contribution in [2.24, 2.45) is 5.73 Å². The van der Waals surface area contributed by atoms with Crippen LogP contribution in [0.5, 0.6) is 11.5 Å². The molecule has 4 atom stereocenters. The molecule has 15 nitrogen and oxygen atoms in total. The zero-order valence-electron chi connectivity index (χ0n) is 33.6. The summed E-state index contributed by atoms with van der Waals surface area (Å²) in [6.07, 6.45) is -8.53. The van der Waals surface area contributed by atoms with E-state index in [4.69, 9.17) is 10.3 Å². The fourth-order valence-corrected chi connectivity index (χ4v) is 5.86. The summed E-state index contributed by atoms with van der Waals surface area (Å²) in [6.45, 7) is 3.44. The minimum Gasteiger partial charge on any atom is -0.870 e. The van der Waals surface area contributed by atoms with Crippen molar-refractivity contribution in [3.63, 3.8) is 0 Å². The Balaban J connectivity index is 0.000000361. The van der Waals surface area contributed by atoms with Crippen molar-refractivity contribution in [1.29, 1.82) is 0 Å². The number of aliphatic hydroxyl groups is 2. The van der Waals surface area contributed by atoms with Gasteiger partial charge in [0.25, 0.3) is 0 Å². The van der Waals surface area contributed by atoms with Crippen LogP contribution in [0.2, 0.25) is 0 Å². The SMILES string of the molecule is CC(N)C(O)Cc1cccc(Br)c1.CC(NC(=O)c1nc(-c2ccc(OC(F)(F)F)cc2)no1)C(O)Cc1cccc(Br)c1.O=[C-]c1nc(-c2ccc(OC(F)(F)F)cc2)no1.[Na+].[OH-]. The summed E-state index contributed by atoms with van der Waals surface area (Å²) in [5.41, 5.74) is 8.26. The Kier molecular flexibility index (Phi) is 22.2. The molecule has 0 aliphatic rings. The van der Waals surface area contributed by atoms with Gasteiger partial charge in [0.2, 0.25) is 5.82 Å². The molecule has 24 heteroatoms. The Labute approximate surface area is 399 Å². The number of carbonyl (C=O) groups is 1. The maximum atomic E-state index is 12.4. The third-order valence-electron chi connectivity index (χ3n) is 8.04. The van der Waals surface area contributed by atoms with Crippen molar-refractivity contribution in [2.45, 2.75) is 63.7 Å². The first kappa shape index (κ1) is 55.4. The monoisotopic (exact) mass is 1040 g/mol. The second kappa shape index (κ2) is 25.7. The number of alkyl halides is 6. The number of benzene rings is 4. The van der Waals surface area contributed by atoms with Gasteiger partial charge in [0, 0.05) is 32.5 Å². The molecule has 6 aromatic rings. The first-order valence-electron chi connectivity index (χ1n) is 17.9. The molecular weight excluding hydrogens is 1010 g/mol. The fourth-order valence-electron chi connectivity index (χ4n) is 4.96. The smallest absolute Gasteiger partial charge is 0.870 e. The van der Waals surface area contributed by atoms with E-state index in [0.717, 1.165) is 44.3 Å². The topological polar surface area (TPSA) is 239 Å². The van der Waals surface area contributed by atoms with Crippen LogP contribution in [0.4, 0.5) is 26.3 Å². The summed E-state index contributed by atoms with van der Waals surface area (Å²) >= 11 is 6.74. The van der Waals surface area contributed by atoms with E-state index in [-0.39, 0.29) is 70.3 Å². The Morgan fingerprint density at radius 2 is 1.19 bits per heavy atom. The van der Waals surface area contributed by atoms with Crippen LogP contribution in [0.3, 0.4) is 0 Å². The van der Waals surface area contributed by atoms with Crippen molar-refractivity contribution in [3.8, 4) is 34.3 Å². The number of carbonyl (C=O) groups excluding carboxylic acids is 2. The van der Waals surface area contributed by atoms with Gasteiger partial charge in [-0.2, -0.15) is 11.3 Å². The van der Waals surface area contributed by atoms with Crippen LogP contribution in [0.25, 0.3) is 22.8 Å². The second-order valence-electron chi connectivity index (χ2n) is 13.0. The Morgan fingerprint density at radius 1 is 0.750 bits per heavy atom. The van der Waals surface area contributed by atoms with E-state index >= 15 is 0 Å². The molecule has 0 saturated carbocycles. The summed E-state index contributed by atoms with van der Waals surface area (Å²) in [7, 11) is 0. The Hall–Kier alpha value is -4.72. The van der Waals surface area contributed by atoms with Crippen molar-refractivity contribution < 1.29 is 99.7 Å². The standard InChI is InChI=1S/C20H17BrF3N3O4.C10H14BrNO.C10H4F3N2O3.Na.H2O/c1-11(16(28)10-12-3-2-4-14(21)9-12)25-18(29)19-26-17(27-31-19)13-5-7-15(8-6-13)30-20(22,23)24;1-7(12)10(13)6-8-3-2-4-9(11)5-8;11-10(12,13)17-7-3-1-6(2-4-7)9-14-8(5-16)18-15-9;;/h2-9,11,16,28H,10H2,1H3,(H,25,29);2-5,7,10,13H,6,12H2,1H3;1-4H;;1H2/q;;-1;+1;/p-1. The van der Waals surface area contributed by atoms with E-state index in [0.29, 0.717) is 24.0 Å². The predicted molar refractivity (Wildman–Crippen MR) is 218 cm³/mol. The minimum absolute atomic E-state index is 0. The van der Waals surface area contributed by atoms with Gasteiger partial charge in [-0.05, 0) is 104 Å². The molecule has 0 fully saturated rings. The molecule has 0 aliphatic heterocycles. The molecule has 4 unspecified atom stereocenters. The van der Waals surface area contributed by atoms with Crippen molar-refractivity contribution in [3.05, 3.63) is 129 Å². The van der Waals surface area contributed by atoms with Gasteiger partial charge in [0.1, 0.15) is 17.4 Å². The van der Waals surface area contributed by atoms with Gasteiger partial charge in [-0.1, -0.05) is 66.4 Å². The van der Waals surface area contributed by atoms with Crippen molar-refractivity contribution in [1.82, 2.24) is 25.6 Å². The molecule has 0 bridgehead atoms. The molecule has 6 N–H and O–H groups in total. The molecular formula is C40H36Br2F6N6NaO9-. The van der Waals surface area contributed by atoms with Crippen molar-refractivity contribution in [2.75, 3.05) is 0 Å². The number of hydrogen-bond donors (Lipinski definition) is 4. The number of amides is 1. The van der Waals surface area contributed by atoms with Crippen LogP contribution in [0, 0.1) is 0 Å². The average Bonchev–Trinajstić information content (AvgIpc) is 3.89. The van der Waals surface area contributed by atoms with Gasteiger partial charge < -0.3 is 50.1 Å². The maximum Gasteiger partial charge on any atom is 1.00 e. The van der Waals surface area contributed by atoms with Gasteiger partial charge in [0.05, 0.1) is 18.2 Å². The van der Waals surface area contributed by atoms with Crippen LogP contribution >= 0.6 is 31.9 Å². The van der Waals surface area contributed by atoms with E-state index in [1.165, 1.54) is 30.6 Å². The van der Waals surface area contributed by atoms with E-state index in [1.807, 2.05) is 55.5 Å². The number of nitrogens with one attached hydrogen (secondary N) is 1. The number of rotatable bonds is 13. The number of nitrogens with zero attached hydrogens (tertiary/aromatic N) is 4. The Morgan fingerprint density at radius 3 is 1.59 bits per heavy atom. The summed E-state index contributed by atoms with van der Waals surface area (Å²) in [4.78, 5) is 30.1. The number of nitrogens with two attached hydrogens (primary N) is 1. The van der Waals surface area contributed by atoms with Crippen LogP contribution < -0.4 is 50.1 Å². The summed E-state index contributed by atoms with van der Waals surface area (Å²) in [5, 5.41) is 29.6. The average molecular weight is 1040 g/mol. The number of ether oxygens (including phenoxy) is 2. The predicted octanol–water partition coefficient (Wildman–Crippen LogP) is 4.74. The van der Waals surface area contributed by atoms with E-state index < -0.39 is 42.6 Å². The maximum absolute atomic E-state index is 12.4. The van der Waals surface area contributed by atoms with E-state index in [2.05, 4.69) is 71.5 Å². The number of halogens is 8. The molecule has 2 heterocycles. The normalized spacial score (nSPS) is 12.8. The summed E-state index contributed by atoms with van der Waals surface area (Å²) in [6, 6.07) is 24.1. The molecule has 4 aromatic carbocycles. The van der Waals surface area contributed by atoms with Gasteiger partial charge in [-0.25, -0.2) is 4.98 Å². The number of hydrogen-bond acceptors (Lipinski definition) is 14. The zero-order valence-corrected chi connectivity index (χ0v) is 38.8. The third kappa shape index (κ3) is 19.2. The zero-order chi connectivity index (χ0) is 45.6. The van der Waals surface area contributed by atoms with Gasteiger partial charge in [0.15, 0.2) is 5.82 Å². The second-order valence-corrected chi connectivity index (χ2v) is 14.8. The number of aliphatic hydroxyl groups excluding tert-OH is 2. The minimum atomic E-state index is -4.79. The number of aromatic nitrogens is 4. The molecule has 0 aliphatic carbocycles. The van der Waals surface area contributed by atoms with E-state index in [9.17, 15) is 46.1 Å². The molecule has 338 valence electrons. The first-order valence-corrected chi connectivity index (χ1v) is 19.5. The van der Waals surface area contributed by atoms with Crippen LogP contribution in [-0.2, 0) is 17.6 Å². The first-order chi connectivity index (χ1) is 29.2. The molecule has 0 saturated heterocycles. The molecule has 0 spiro atoms. The fraction of sp³-hybridized carbons (Fsp3) is 0.250.